The number of hydrogen-bond donors (Lipinski definition) is 0. The van der Waals surface area contributed by atoms with Crippen LogP contribution in [0.5, 0.6) is 5.88 Å². The first-order valence-corrected chi connectivity index (χ1v) is 10.4. The molecule has 33 heavy (non-hydrogen) atoms. The van der Waals surface area contributed by atoms with Crippen LogP contribution < -0.4 is 10.5 Å². The number of oxazole rings is 1. The molecule has 0 N–H and O–H groups in total. The Balaban J connectivity index is 1.71. The Morgan fingerprint density at radius 3 is 2.42 bits per heavy atom. The van der Waals surface area contributed by atoms with Gasteiger partial charge in [-0.1, -0.05) is 18.2 Å². The lowest BCUT2D eigenvalue weighted by atomic mass is 9.86. The lowest BCUT2D eigenvalue weighted by molar-refractivity contribution is 0.398. The van der Waals surface area contributed by atoms with Crippen LogP contribution in [0.15, 0.2) is 76.2 Å². The Morgan fingerprint density at radius 2 is 1.76 bits per heavy atom. The molecule has 0 saturated heterocycles. The number of hydrogen-bond acceptors (Lipinski definition) is 6. The quantitative estimate of drug-likeness (QED) is 0.393. The third-order valence-electron chi connectivity index (χ3n) is 5.81. The van der Waals surface area contributed by atoms with Crippen molar-refractivity contribution in [2.75, 3.05) is 7.11 Å². The van der Waals surface area contributed by atoms with E-state index in [-0.39, 0.29) is 0 Å². The minimum atomic E-state index is -0.625. The van der Waals surface area contributed by atoms with Gasteiger partial charge in [-0.25, -0.2) is 14.3 Å². The summed E-state index contributed by atoms with van der Waals surface area (Å²) >= 11 is 0. The Morgan fingerprint density at radius 1 is 1.00 bits per heavy atom. The largest absolute Gasteiger partial charge is 0.481 e. The molecule has 5 rings (SSSR count). The van der Waals surface area contributed by atoms with Crippen LogP contribution in [0.3, 0.4) is 0 Å². The summed E-state index contributed by atoms with van der Waals surface area (Å²) in [5.74, 6) is 0.0402. The maximum Gasteiger partial charge on any atom is 0.424 e. The van der Waals surface area contributed by atoms with Gasteiger partial charge in [0, 0.05) is 23.2 Å². The second kappa shape index (κ2) is 7.61. The van der Waals surface area contributed by atoms with Crippen molar-refractivity contribution in [3.05, 3.63) is 83.1 Å². The number of nitriles is 1. The van der Waals surface area contributed by atoms with E-state index in [1.54, 1.807) is 30.1 Å². The van der Waals surface area contributed by atoms with Crippen LogP contribution in [0.4, 0.5) is 0 Å². The van der Waals surface area contributed by atoms with Crippen molar-refractivity contribution in [3.8, 4) is 28.8 Å². The molecular weight excluding hydrogens is 416 g/mol. The minimum absolute atomic E-state index is 0.402. The van der Waals surface area contributed by atoms with E-state index in [1.807, 2.05) is 62.4 Å². The molecule has 0 aliphatic heterocycles. The van der Waals surface area contributed by atoms with Crippen molar-refractivity contribution in [2.24, 2.45) is 0 Å². The molecule has 2 aromatic carbocycles. The van der Waals surface area contributed by atoms with Gasteiger partial charge in [0.2, 0.25) is 5.88 Å². The number of benzene rings is 2. The summed E-state index contributed by atoms with van der Waals surface area (Å²) in [5.41, 5.74) is 4.52. The first kappa shape index (κ1) is 20.5. The van der Waals surface area contributed by atoms with Gasteiger partial charge in [-0.15, -0.1) is 0 Å². The number of nitrogens with zero attached hydrogens (tertiary/aromatic N) is 4. The van der Waals surface area contributed by atoms with Crippen LogP contribution in [0.2, 0.25) is 0 Å². The summed E-state index contributed by atoms with van der Waals surface area (Å²) in [6, 6.07) is 19.3. The highest BCUT2D eigenvalue weighted by atomic mass is 16.5. The molecule has 0 spiro atoms. The Hall–Kier alpha value is -4.44. The third-order valence-corrected chi connectivity index (χ3v) is 5.81. The van der Waals surface area contributed by atoms with Crippen LogP contribution in [-0.4, -0.2) is 21.6 Å². The highest BCUT2D eigenvalue weighted by Gasteiger charge is 2.21. The van der Waals surface area contributed by atoms with Gasteiger partial charge in [0.15, 0.2) is 5.58 Å². The molecule has 0 aliphatic rings. The average Bonchev–Trinajstić information content (AvgIpc) is 3.20. The van der Waals surface area contributed by atoms with Crippen molar-refractivity contribution in [1.82, 2.24) is 14.5 Å². The maximum absolute atomic E-state index is 12.8. The number of methoxy groups -OCH3 is 1. The number of aromatic nitrogens is 3. The van der Waals surface area contributed by atoms with Crippen LogP contribution >= 0.6 is 0 Å². The molecule has 5 aromatic rings. The van der Waals surface area contributed by atoms with Crippen LogP contribution in [0.1, 0.15) is 19.4 Å². The van der Waals surface area contributed by atoms with Gasteiger partial charge in [-0.2, -0.15) is 5.26 Å². The van der Waals surface area contributed by atoms with E-state index in [4.69, 9.17) is 9.15 Å². The fourth-order valence-corrected chi connectivity index (χ4v) is 3.87. The molecule has 0 bridgehead atoms. The van der Waals surface area contributed by atoms with Crippen molar-refractivity contribution in [1.29, 1.82) is 5.26 Å². The Kier molecular flexibility index (Phi) is 4.72. The fraction of sp³-hybridized carbons (Fsp3) is 0.154. The molecule has 7 nitrogen and oxygen atoms in total. The average molecular weight is 436 g/mol. The smallest absolute Gasteiger partial charge is 0.424 e. The van der Waals surface area contributed by atoms with Gasteiger partial charge in [0.25, 0.3) is 0 Å². The van der Waals surface area contributed by atoms with Crippen molar-refractivity contribution in [3.63, 3.8) is 0 Å². The van der Waals surface area contributed by atoms with E-state index in [2.05, 4.69) is 16.0 Å². The topological polar surface area (TPSA) is 93.9 Å². The molecule has 162 valence electrons. The molecule has 7 heteroatoms. The number of fused-ring (bicyclic) bond motifs is 3. The predicted molar refractivity (Wildman–Crippen MR) is 126 cm³/mol. The van der Waals surface area contributed by atoms with Gasteiger partial charge in [0.1, 0.15) is 5.52 Å². The van der Waals surface area contributed by atoms with Gasteiger partial charge >= 0.3 is 5.76 Å². The first-order valence-electron chi connectivity index (χ1n) is 10.4. The zero-order valence-corrected chi connectivity index (χ0v) is 18.4. The highest BCUT2D eigenvalue weighted by molar-refractivity contribution is 6.03. The van der Waals surface area contributed by atoms with E-state index in [0.717, 1.165) is 27.6 Å². The molecule has 3 aromatic heterocycles. The van der Waals surface area contributed by atoms with Gasteiger partial charge in [0.05, 0.1) is 36.0 Å². The maximum atomic E-state index is 12.8. The summed E-state index contributed by atoms with van der Waals surface area (Å²) in [7, 11) is 1.58. The summed E-state index contributed by atoms with van der Waals surface area (Å²) in [5, 5.41) is 10.2. The van der Waals surface area contributed by atoms with Gasteiger partial charge in [-0.05, 0) is 55.3 Å². The first-order chi connectivity index (χ1) is 15.9. The second-order valence-electron chi connectivity index (χ2n) is 8.28. The zero-order valence-electron chi connectivity index (χ0n) is 18.4. The Bertz CT molecular complexity index is 1590. The molecule has 0 aliphatic carbocycles. The predicted octanol–water partition coefficient (Wildman–Crippen LogP) is 5.00. The van der Waals surface area contributed by atoms with E-state index >= 15 is 0 Å². The summed E-state index contributed by atoms with van der Waals surface area (Å²) in [6.07, 6.45) is 3.31. The molecule has 0 saturated carbocycles. The van der Waals surface area contributed by atoms with Crippen molar-refractivity contribution in [2.45, 2.75) is 19.3 Å². The molecule has 0 amide bonds. The van der Waals surface area contributed by atoms with E-state index < -0.39 is 11.2 Å². The minimum Gasteiger partial charge on any atom is -0.481 e. The van der Waals surface area contributed by atoms with E-state index in [1.165, 1.54) is 0 Å². The van der Waals surface area contributed by atoms with E-state index in [0.29, 0.717) is 22.7 Å². The number of pyridine rings is 2. The molecule has 0 fully saturated rings. The SMILES string of the molecule is COc1ccc(-c2ccc3ncc4oc(=O)n(-c5ccc(C(C)(C)C#N)cc5)c4c3c2)cn1. The third kappa shape index (κ3) is 3.42. The summed E-state index contributed by atoms with van der Waals surface area (Å²) in [6.45, 7) is 3.71. The van der Waals surface area contributed by atoms with Crippen LogP contribution in [0.25, 0.3) is 38.8 Å². The van der Waals surface area contributed by atoms with Crippen molar-refractivity contribution < 1.29 is 9.15 Å². The van der Waals surface area contributed by atoms with Crippen molar-refractivity contribution >= 4 is 22.0 Å². The molecule has 0 unspecified atom stereocenters. The lowest BCUT2D eigenvalue weighted by Gasteiger charge is -2.16. The fourth-order valence-electron chi connectivity index (χ4n) is 3.87. The molecule has 0 atom stereocenters. The lowest BCUT2D eigenvalue weighted by Crippen LogP contribution is -2.15. The highest BCUT2D eigenvalue weighted by Crippen LogP contribution is 2.31. The molecule has 0 radical (unpaired) electrons. The monoisotopic (exact) mass is 436 g/mol. The normalized spacial score (nSPS) is 11.6. The number of ether oxygens (including phenoxy) is 1. The number of rotatable bonds is 4. The van der Waals surface area contributed by atoms with Gasteiger partial charge in [-0.3, -0.25) is 4.98 Å². The summed E-state index contributed by atoms with van der Waals surface area (Å²) in [4.78, 5) is 21.6. The second-order valence-corrected chi connectivity index (χ2v) is 8.28. The molecule has 3 heterocycles. The van der Waals surface area contributed by atoms with E-state index in [9.17, 15) is 10.1 Å². The Labute approximate surface area is 189 Å². The standard InChI is InChI=1S/C26H20N4O3/c1-26(2,15-27)18-6-8-19(9-7-18)30-24-20-12-16(17-5-11-23(32-3)29-13-17)4-10-21(20)28-14-22(24)33-25(30)31/h4-14H,1-3H3. The van der Waals surface area contributed by atoms with Crippen LogP contribution in [0, 0.1) is 11.3 Å². The van der Waals surface area contributed by atoms with Crippen LogP contribution in [-0.2, 0) is 5.41 Å². The van der Waals surface area contributed by atoms with Gasteiger partial charge < -0.3 is 9.15 Å². The molecular formula is C26H20N4O3. The zero-order chi connectivity index (χ0) is 23.2. The summed E-state index contributed by atoms with van der Waals surface area (Å²) < 4.78 is 12.2.